The normalized spacial score (nSPS) is 14.7. The Labute approximate surface area is 444 Å². The molecule has 0 spiro atoms. The van der Waals surface area contributed by atoms with Crippen molar-refractivity contribution in [3.63, 3.8) is 0 Å². The van der Waals surface area contributed by atoms with Gasteiger partial charge in [-0.25, -0.2) is 4.57 Å². The molecule has 0 aliphatic rings. The highest BCUT2D eigenvalue weighted by molar-refractivity contribution is 7.47. The monoisotopic (exact) mass is 1020 g/mol. The third-order valence-corrected chi connectivity index (χ3v) is 13.4. The van der Waals surface area contributed by atoms with Gasteiger partial charge in [0.25, 0.3) is 0 Å². The fourth-order valence-electron chi connectivity index (χ4n) is 7.90. The first-order valence-electron chi connectivity index (χ1n) is 29.3. The Morgan fingerprint density at radius 1 is 0.486 bits per heavy atom. The number of likely N-dealkylation sites (N-methyl/N-ethyl adjacent to an activating group) is 1. The van der Waals surface area contributed by atoms with Crippen LogP contribution in [-0.2, 0) is 18.4 Å². The molecule has 0 heterocycles. The minimum atomic E-state index is -4.37. The summed E-state index contributed by atoms with van der Waals surface area (Å²) in [7, 11) is 1.53. The molecule has 0 saturated carbocycles. The van der Waals surface area contributed by atoms with E-state index in [0.717, 1.165) is 89.9 Å². The number of aliphatic hydroxyl groups excluding tert-OH is 1. The number of phosphoric ester groups is 1. The van der Waals surface area contributed by atoms with Crippen molar-refractivity contribution in [2.75, 3.05) is 40.9 Å². The van der Waals surface area contributed by atoms with Crippen LogP contribution in [0.1, 0.15) is 232 Å². The number of carbonyl (C=O) groups is 1. The summed E-state index contributed by atoms with van der Waals surface area (Å²) < 4.78 is 23.7. The second kappa shape index (κ2) is 53.0. The lowest BCUT2D eigenvalue weighted by molar-refractivity contribution is -0.870. The topological polar surface area (TPSA) is 105 Å². The number of carbonyl (C=O) groups excluding carboxylic acids is 1. The smallest absolute Gasteiger partial charge is 0.387 e. The van der Waals surface area contributed by atoms with E-state index in [1.165, 1.54) is 122 Å². The minimum Gasteiger partial charge on any atom is -0.387 e. The number of hydrogen-bond acceptors (Lipinski definition) is 5. The highest BCUT2D eigenvalue weighted by Gasteiger charge is 2.27. The van der Waals surface area contributed by atoms with E-state index in [4.69, 9.17) is 9.05 Å². The molecule has 3 atom stereocenters. The van der Waals surface area contributed by atoms with Crippen molar-refractivity contribution >= 4 is 13.7 Å². The van der Waals surface area contributed by atoms with Crippen LogP contribution >= 0.6 is 7.82 Å². The summed E-state index contributed by atoms with van der Waals surface area (Å²) >= 11 is 0. The van der Waals surface area contributed by atoms with E-state index < -0.39 is 20.0 Å². The van der Waals surface area contributed by atoms with Crippen molar-refractivity contribution in [3.8, 4) is 0 Å². The SMILES string of the molecule is CC/C=C\C/C=C\C/C=C\C/C=C\C/C=C\C/C=C\CCCCCCCCCCCCC(=O)NC(COP(=O)(O)OCC[N+](C)(C)C)C(O)/C=C/CC/C=C/CC/C=C/CCCCCCCCCCCCC. The number of nitrogens with one attached hydrogen (secondary N) is 1. The number of phosphoric acid groups is 1. The number of unbranched alkanes of at least 4 members (excludes halogenated alkanes) is 23. The summed E-state index contributed by atoms with van der Waals surface area (Å²) in [6, 6.07) is -0.880. The van der Waals surface area contributed by atoms with Gasteiger partial charge in [0.2, 0.25) is 5.91 Å². The van der Waals surface area contributed by atoms with Crippen LogP contribution in [0.5, 0.6) is 0 Å². The van der Waals surface area contributed by atoms with Crippen LogP contribution in [0.2, 0.25) is 0 Å². The second-order valence-electron chi connectivity index (χ2n) is 20.6. The number of aliphatic hydroxyl groups is 1. The average Bonchev–Trinajstić information content (AvgIpc) is 3.34. The number of hydrogen-bond donors (Lipinski definition) is 3. The summed E-state index contributed by atoms with van der Waals surface area (Å²) in [6.07, 6.45) is 77.6. The lowest BCUT2D eigenvalue weighted by atomic mass is 10.0. The predicted octanol–water partition coefficient (Wildman–Crippen LogP) is 18.0. The van der Waals surface area contributed by atoms with E-state index in [9.17, 15) is 19.4 Å². The van der Waals surface area contributed by atoms with Crippen LogP contribution in [0.15, 0.2) is 109 Å². The molecule has 0 rings (SSSR count). The second-order valence-corrected chi connectivity index (χ2v) is 22.1. The van der Waals surface area contributed by atoms with Gasteiger partial charge in [0.1, 0.15) is 13.2 Å². The lowest BCUT2D eigenvalue weighted by Gasteiger charge is -2.25. The van der Waals surface area contributed by atoms with Gasteiger partial charge in [-0.15, -0.1) is 0 Å². The van der Waals surface area contributed by atoms with E-state index in [-0.39, 0.29) is 19.1 Å². The summed E-state index contributed by atoms with van der Waals surface area (Å²) in [5.74, 6) is -0.199. The highest BCUT2D eigenvalue weighted by atomic mass is 31.2. The maximum Gasteiger partial charge on any atom is 0.472 e. The van der Waals surface area contributed by atoms with Crippen LogP contribution in [0.3, 0.4) is 0 Å². The zero-order chi connectivity index (χ0) is 52.7. The zero-order valence-corrected chi connectivity index (χ0v) is 48.0. The van der Waals surface area contributed by atoms with Gasteiger partial charge in [-0.05, 0) is 96.3 Å². The largest absolute Gasteiger partial charge is 0.472 e. The first kappa shape index (κ1) is 69.2. The van der Waals surface area contributed by atoms with E-state index in [0.29, 0.717) is 17.4 Å². The maximum absolute atomic E-state index is 13.0. The molecule has 0 aromatic carbocycles. The Morgan fingerprint density at radius 2 is 0.847 bits per heavy atom. The van der Waals surface area contributed by atoms with Crippen LogP contribution in [-0.4, -0.2) is 73.4 Å². The molecule has 8 nitrogen and oxygen atoms in total. The molecule has 9 heteroatoms. The molecule has 0 fully saturated rings. The summed E-state index contributed by atoms with van der Waals surface area (Å²) in [5.41, 5.74) is 0. The van der Waals surface area contributed by atoms with E-state index in [2.05, 4.69) is 116 Å². The molecule has 0 saturated heterocycles. The van der Waals surface area contributed by atoms with Crippen molar-refractivity contribution in [3.05, 3.63) is 109 Å². The molecule has 3 N–H and O–H groups in total. The molecule has 72 heavy (non-hydrogen) atoms. The van der Waals surface area contributed by atoms with Gasteiger partial charge in [-0.3, -0.25) is 13.8 Å². The number of allylic oxidation sites excluding steroid dienone is 17. The molecule has 3 unspecified atom stereocenters. The van der Waals surface area contributed by atoms with Crippen LogP contribution in [0, 0.1) is 0 Å². The third kappa shape index (κ3) is 54.9. The fraction of sp³-hybridized carbons (Fsp3) is 0.698. The summed E-state index contributed by atoms with van der Waals surface area (Å²) in [4.78, 5) is 23.3. The molecule has 0 bridgehead atoms. The molecular formula is C63H112N2O6P+. The Balaban J connectivity index is 4.29. The standard InChI is InChI=1S/C63H111N2O6P/c1-6-8-10-12-14-16-18-20-22-24-26-28-29-30-31-32-33-34-35-37-39-41-43-45-47-49-51-53-55-57-63(67)64-61(60-71-72(68,69)70-59-58-65(3,4)5)62(66)56-54-52-50-48-46-44-42-40-38-36-27-25-23-21-19-17-15-13-11-9-7-2/h8,10,14,16,20,22,26,28,30-31,33-34,38,40,46,48,54,56,61-62,66H,6-7,9,11-13,15,17-19,21,23-25,27,29,32,35-37,39,41-45,47,49-53,55,57-60H2,1-5H3,(H-,64,67,68,69)/p+1/b10-8-,16-14-,22-20-,28-26-,31-30-,34-33-,40-38+,48-46+,56-54+. The highest BCUT2D eigenvalue weighted by Crippen LogP contribution is 2.43. The third-order valence-electron chi connectivity index (χ3n) is 12.5. The molecule has 0 aliphatic heterocycles. The fourth-order valence-corrected chi connectivity index (χ4v) is 8.64. The lowest BCUT2D eigenvalue weighted by Crippen LogP contribution is -2.45. The minimum absolute atomic E-state index is 0.0474. The number of nitrogens with zero attached hydrogens (tertiary/aromatic N) is 1. The van der Waals surface area contributed by atoms with Crippen LogP contribution in [0.25, 0.3) is 0 Å². The molecule has 0 radical (unpaired) electrons. The number of rotatable bonds is 52. The number of amides is 1. The molecule has 1 amide bonds. The Kier molecular flexibility index (Phi) is 50.9. The van der Waals surface area contributed by atoms with Crippen molar-refractivity contribution in [1.82, 2.24) is 5.32 Å². The van der Waals surface area contributed by atoms with Gasteiger partial charge in [0, 0.05) is 6.42 Å². The Morgan fingerprint density at radius 3 is 1.28 bits per heavy atom. The van der Waals surface area contributed by atoms with Gasteiger partial charge in [-0.1, -0.05) is 239 Å². The quantitative estimate of drug-likeness (QED) is 0.0243. The van der Waals surface area contributed by atoms with E-state index in [1.807, 2.05) is 27.2 Å². The zero-order valence-electron chi connectivity index (χ0n) is 47.1. The van der Waals surface area contributed by atoms with Crippen LogP contribution in [0.4, 0.5) is 0 Å². The van der Waals surface area contributed by atoms with E-state index >= 15 is 0 Å². The van der Waals surface area contributed by atoms with E-state index in [1.54, 1.807) is 6.08 Å². The first-order chi connectivity index (χ1) is 35.0. The van der Waals surface area contributed by atoms with Crippen molar-refractivity contribution in [2.24, 2.45) is 0 Å². The van der Waals surface area contributed by atoms with Crippen molar-refractivity contribution in [2.45, 2.75) is 244 Å². The molecule has 0 aromatic heterocycles. The van der Waals surface area contributed by atoms with Gasteiger partial charge in [0.15, 0.2) is 0 Å². The maximum atomic E-state index is 13.0. The van der Waals surface area contributed by atoms with Crippen LogP contribution < -0.4 is 5.32 Å². The predicted molar refractivity (Wildman–Crippen MR) is 313 cm³/mol. The van der Waals surface area contributed by atoms with Crippen molar-refractivity contribution in [1.29, 1.82) is 0 Å². The molecule has 0 aromatic rings. The summed E-state index contributed by atoms with van der Waals surface area (Å²) in [5, 5.41) is 13.9. The Hall–Kier alpha value is -2.84. The average molecular weight is 1020 g/mol. The first-order valence-corrected chi connectivity index (χ1v) is 30.8. The Bertz CT molecular complexity index is 1540. The number of quaternary nitrogens is 1. The van der Waals surface area contributed by atoms with Gasteiger partial charge < -0.3 is 19.8 Å². The van der Waals surface area contributed by atoms with Gasteiger partial charge in [0.05, 0.1) is 39.9 Å². The van der Waals surface area contributed by atoms with Crippen molar-refractivity contribution < 1.29 is 32.9 Å². The van der Waals surface area contributed by atoms with Gasteiger partial charge >= 0.3 is 7.82 Å². The molecule has 0 aliphatic carbocycles. The van der Waals surface area contributed by atoms with Gasteiger partial charge in [-0.2, -0.15) is 0 Å². The summed E-state index contributed by atoms with van der Waals surface area (Å²) in [6.45, 7) is 4.67. The molecule has 414 valence electrons. The molecular weight excluding hydrogens is 912 g/mol.